The van der Waals surface area contributed by atoms with Crippen molar-refractivity contribution in [3.63, 3.8) is 0 Å². The lowest BCUT2D eigenvalue weighted by Gasteiger charge is -2.39. The highest BCUT2D eigenvalue weighted by molar-refractivity contribution is 9.10. The Labute approximate surface area is 149 Å². The van der Waals surface area contributed by atoms with Crippen molar-refractivity contribution in [1.82, 2.24) is 0 Å². The minimum atomic E-state index is -0.801. The van der Waals surface area contributed by atoms with E-state index in [-0.39, 0.29) is 18.3 Å². The molecule has 0 aliphatic carbocycles. The van der Waals surface area contributed by atoms with Gasteiger partial charge in [-0.05, 0) is 30.7 Å². The van der Waals surface area contributed by atoms with Gasteiger partial charge in [0.15, 0.2) is 0 Å². The monoisotopic (exact) mass is 387 g/mol. The van der Waals surface area contributed by atoms with Gasteiger partial charge in [-0.3, -0.25) is 9.59 Å². The summed E-state index contributed by atoms with van der Waals surface area (Å²) in [4.78, 5) is 23.3. The van der Waals surface area contributed by atoms with Crippen LogP contribution in [0.3, 0.4) is 0 Å². The minimum Gasteiger partial charge on any atom is -0.362 e. The Morgan fingerprint density at radius 3 is 2.71 bits per heavy atom. The van der Waals surface area contributed by atoms with Crippen molar-refractivity contribution in [3.8, 4) is 0 Å². The molecule has 4 nitrogen and oxygen atoms in total. The maximum atomic E-state index is 12.4. The molecule has 1 heterocycles. The fourth-order valence-electron chi connectivity index (χ4n) is 3.21. The van der Waals surface area contributed by atoms with Crippen LogP contribution in [-0.4, -0.2) is 12.2 Å². The maximum Gasteiger partial charge on any atom is 0.211 e. The summed E-state index contributed by atoms with van der Waals surface area (Å²) in [6.45, 7) is 1.90. The van der Waals surface area contributed by atoms with Gasteiger partial charge in [0.1, 0.15) is 11.4 Å². The number of Topliss-reactive ketones (excluding diaryl/α,β-unsaturated/α-hetero) is 1. The highest BCUT2D eigenvalue weighted by atomic mass is 79.9. The van der Waals surface area contributed by atoms with Crippen LogP contribution in [0.5, 0.6) is 0 Å². The van der Waals surface area contributed by atoms with E-state index in [0.717, 1.165) is 15.6 Å². The SMILES string of the molecule is C[C@@]1(c2cc(Br)ccc2NC=O)CC(=O)C[C@H](c2ccccc2)O1. The normalized spacial score (nSPS) is 23.8. The van der Waals surface area contributed by atoms with Gasteiger partial charge in [0, 0.05) is 28.6 Å². The number of ether oxygens (including phenoxy) is 1. The van der Waals surface area contributed by atoms with Gasteiger partial charge >= 0.3 is 0 Å². The van der Waals surface area contributed by atoms with Gasteiger partial charge in [-0.2, -0.15) is 0 Å². The molecule has 2 aromatic rings. The molecule has 124 valence electrons. The van der Waals surface area contributed by atoms with E-state index in [1.807, 2.05) is 49.4 Å². The Kier molecular flexibility index (Phi) is 4.83. The second-order valence-electron chi connectivity index (χ2n) is 6.12. The van der Waals surface area contributed by atoms with Gasteiger partial charge in [-0.15, -0.1) is 0 Å². The molecule has 24 heavy (non-hydrogen) atoms. The van der Waals surface area contributed by atoms with Gasteiger partial charge in [0.25, 0.3) is 0 Å². The number of anilines is 1. The van der Waals surface area contributed by atoms with E-state index in [0.29, 0.717) is 18.5 Å². The third-order valence-corrected chi connectivity index (χ3v) is 4.78. The molecule has 0 saturated carbocycles. The number of hydrogen-bond acceptors (Lipinski definition) is 3. The number of nitrogens with one attached hydrogen (secondary N) is 1. The number of carbonyl (C=O) groups excluding carboxylic acids is 2. The van der Waals surface area contributed by atoms with Crippen LogP contribution < -0.4 is 5.32 Å². The van der Waals surface area contributed by atoms with Crippen molar-refractivity contribution in [1.29, 1.82) is 0 Å². The first-order valence-electron chi connectivity index (χ1n) is 7.76. The lowest BCUT2D eigenvalue weighted by atomic mass is 9.84. The van der Waals surface area contributed by atoms with Crippen LogP contribution in [-0.2, 0) is 19.9 Å². The van der Waals surface area contributed by atoms with E-state index in [1.54, 1.807) is 6.07 Å². The number of ketones is 1. The van der Waals surface area contributed by atoms with E-state index in [2.05, 4.69) is 21.2 Å². The first kappa shape index (κ1) is 16.9. The van der Waals surface area contributed by atoms with Crippen molar-refractivity contribution < 1.29 is 14.3 Å². The molecule has 0 spiro atoms. The summed E-state index contributed by atoms with van der Waals surface area (Å²) in [5, 5.41) is 2.70. The zero-order valence-electron chi connectivity index (χ0n) is 13.3. The Bertz CT molecular complexity index is 762. The lowest BCUT2D eigenvalue weighted by Crippen LogP contribution is -2.37. The van der Waals surface area contributed by atoms with Crippen LogP contribution >= 0.6 is 15.9 Å². The number of amides is 1. The quantitative estimate of drug-likeness (QED) is 0.793. The van der Waals surface area contributed by atoms with E-state index in [4.69, 9.17) is 4.74 Å². The number of rotatable bonds is 4. The van der Waals surface area contributed by atoms with Crippen LogP contribution in [0.15, 0.2) is 53.0 Å². The predicted octanol–water partition coefficient (Wildman–Crippen LogP) is 4.35. The van der Waals surface area contributed by atoms with Crippen LogP contribution in [0.4, 0.5) is 5.69 Å². The Morgan fingerprint density at radius 2 is 2.00 bits per heavy atom. The summed E-state index contributed by atoms with van der Waals surface area (Å²) < 4.78 is 7.23. The molecule has 3 rings (SSSR count). The zero-order chi connectivity index (χ0) is 17.2. The van der Waals surface area contributed by atoms with Crippen LogP contribution in [0.25, 0.3) is 0 Å². The molecule has 1 aliphatic rings. The third kappa shape index (κ3) is 3.42. The molecule has 2 atom stereocenters. The fraction of sp³-hybridized carbons (Fsp3) is 0.263. The topological polar surface area (TPSA) is 55.4 Å². The standard InChI is InChI=1S/C19H18BrNO3/c1-19(16-9-14(20)7-8-17(16)21-12-22)11-15(23)10-18(24-19)13-5-3-2-4-6-13/h2-9,12,18H,10-11H2,1H3,(H,21,22)/t18-,19+/m1/s1. The second-order valence-corrected chi connectivity index (χ2v) is 7.04. The van der Waals surface area contributed by atoms with E-state index in [9.17, 15) is 9.59 Å². The average Bonchev–Trinajstić information content (AvgIpc) is 2.57. The Balaban J connectivity index is 2.01. The molecule has 0 bridgehead atoms. The molecule has 0 aromatic heterocycles. The molecule has 1 aliphatic heterocycles. The summed E-state index contributed by atoms with van der Waals surface area (Å²) in [6, 6.07) is 15.3. The van der Waals surface area contributed by atoms with Crippen molar-refractivity contribution in [2.75, 3.05) is 5.32 Å². The van der Waals surface area contributed by atoms with Gasteiger partial charge in [-0.1, -0.05) is 46.3 Å². The summed E-state index contributed by atoms with van der Waals surface area (Å²) in [5.74, 6) is 0.148. The number of benzene rings is 2. The molecular weight excluding hydrogens is 370 g/mol. The van der Waals surface area contributed by atoms with Gasteiger partial charge in [0.05, 0.1) is 6.10 Å². The van der Waals surface area contributed by atoms with Crippen LogP contribution in [0, 0.1) is 0 Å². The number of halogens is 1. The van der Waals surface area contributed by atoms with Crippen LogP contribution in [0.2, 0.25) is 0 Å². The summed E-state index contributed by atoms with van der Waals surface area (Å²) in [6.07, 6.45) is 0.986. The highest BCUT2D eigenvalue weighted by Crippen LogP contribution is 2.44. The van der Waals surface area contributed by atoms with Crippen LogP contribution in [0.1, 0.15) is 37.0 Å². The smallest absolute Gasteiger partial charge is 0.211 e. The minimum absolute atomic E-state index is 0.148. The summed E-state index contributed by atoms with van der Waals surface area (Å²) in [5.41, 5.74) is 1.62. The van der Waals surface area contributed by atoms with Gasteiger partial charge in [-0.25, -0.2) is 0 Å². The van der Waals surface area contributed by atoms with E-state index < -0.39 is 5.60 Å². The highest BCUT2D eigenvalue weighted by Gasteiger charge is 2.40. The molecular formula is C19H18BrNO3. The second kappa shape index (κ2) is 6.87. The zero-order valence-corrected chi connectivity index (χ0v) is 14.9. The van der Waals surface area contributed by atoms with Crippen molar-refractivity contribution in [2.45, 2.75) is 31.5 Å². The van der Waals surface area contributed by atoms with Gasteiger partial charge in [0.2, 0.25) is 6.41 Å². The van der Waals surface area contributed by atoms with Crippen molar-refractivity contribution >= 4 is 33.8 Å². The molecule has 1 saturated heterocycles. The Hall–Kier alpha value is -1.98. The average molecular weight is 388 g/mol. The molecule has 0 unspecified atom stereocenters. The first-order chi connectivity index (χ1) is 11.5. The summed E-state index contributed by atoms with van der Waals surface area (Å²) >= 11 is 3.46. The van der Waals surface area contributed by atoms with Crippen molar-refractivity contribution in [2.24, 2.45) is 0 Å². The Morgan fingerprint density at radius 1 is 1.25 bits per heavy atom. The maximum absolute atomic E-state index is 12.4. The molecule has 0 radical (unpaired) electrons. The first-order valence-corrected chi connectivity index (χ1v) is 8.56. The number of hydrogen-bond donors (Lipinski definition) is 1. The largest absolute Gasteiger partial charge is 0.362 e. The van der Waals surface area contributed by atoms with Crippen molar-refractivity contribution in [3.05, 3.63) is 64.1 Å². The molecule has 1 N–H and O–H groups in total. The summed E-state index contributed by atoms with van der Waals surface area (Å²) in [7, 11) is 0. The lowest BCUT2D eigenvalue weighted by molar-refractivity contribution is -0.155. The molecule has 2 aromatic carbocycles. The third-order valence-electron chi connectivity index (χ3n) is 4.29. The molecule has 1 amide bonds. The van der Waals surface area contributed by atoms with E-state index in [1.165, 1.54) is 0 Å². The molecule has 5 heteroatoms. The van der Waals surface area contributed by atoms with Gasteiger partial charge < -0.3 is 10.1 Å². The number of carbonyl (C=O) groups is 2. The molecule has 1 fully saturated rings. The fourth-order valence-corrected chi connectivity index (χ4v) is 3.57. The predicted molar refractivity (Wildman–Crippen MR) is 95.7 cm³/mol. The van der Waals surface area contributed by atoms with E-state index >= 15 is 0 Å².